The molecule has 2 aromatic carbocycles. The third kappa shape index (κ3) is 6.93. The van der Waals surface area contributed by atoms with Crippen LogP contribution in [0.1, 0.15) is 35.3 Å². The first kappa shape index (κ1) is 21.9. The molecule has 2 rings (SSSR count). The zero-order valence-corrected chi connectivity index (χ0v) is 16.5. The van der Waals surface area contributed by atoms with Crippen LogP contribution in [0.15, 0.2) is 47.6 Å². The van der Waals surface area contributed by atoms with Gasteiger partial charge in [0.2, 0.25) is 0 Å². The Labute approximate surface area is 172 Å². The maximum Gasteiger partial charge on any atom is 0.329 e. The maximum atomic E-state index is 11.5. The number of nitrogens with zero attached hydrogens (tertiary/aromatic N) is 1. The molecule has 152 valence electrons. The van der Waals surface area contributed by atoms with Crippen LogP contribution >= 0.6 is 11.6 Å². The molecule has 2 N–H and O–H groups in total. The minimum atomic E-state index is -1.24. The molecule has 0 radical (unpaired) electrons. The van der Waals surface area contributed by atoms with Crippen molar-refractivity contribution < 1.29 is 24.2 Å². The van der Waals surface area contributed by atoms with Crippen molar-refractivity contribution >= 4 is 35.6 Å². The van der Waals surface area contributed by atoms with E-state index in [9.17, 15) is 19.5 Å². The average molecular weight is 417 g/mol. The number of hydrogen-bond acceptors (Lipinski definition) is 6. The molecule has 9 heteroatoms. The van der Waals surface area contributed by atoms with Gasteiger partial charge >= 0.3 is 11.8 Å². The second-order valence-corrected chi connectivity index (χ2v) is 6.70. The number of amides is 2. The minimum Gasteiger partial charge on any atom is -0.545 e. The Morgan fingerprint density at radius 3 is 2.41 bits per heavy atom. The highest BCUT2D eigenvalue weighted by Gasteiger charge is 2.13. The summed E-state index contributed by atoms with van der Waals surface area (Å²) in [5, 5.41) is 17.2. The number of hydrazone groups is 1. The highest BCUT2D eigenvalue weighted by Crippen LogP contribution is 2.25. The predicted octanol–water partition coefficient (Wildman–Crippen LogP) is 1.26. The quantitative estimate of drug-likeness (QED) is 0.400. The largest absolute Gasteiger partial charge is 0.545 e. The average Bonchev–Trinajstić information content (AvgIpc) is 2.67. The monoisotopic (exact) mass is 416 g/mol. The lowest BCUT2D eigenvalue weighted by Gasteiger charge is -2.09. The summed E-state index contributed by atoms with van der Waals surface area (Å²) in [6, 6.07) is 10.8. The molecular weight excluding hydrogens is 398 g/mol. The van der Waals surface area contributed by atoms with Gasteiger partial charge in [0.05, 0.1) is 17.2 Å². The number of carbonyl (C=O) groups is 3. The summed E-state index contributed by atoms with van der Waals surface area (Å²) in [6.07, 6.45) is 1.34. The van der Waals surface area contributed by atoms with Crippen LogP contribution in [-0.2, 0) is 16.2 Å². The summed E-state index contributed by atoms with van der Waals surface area (Å²) in [7, 11) is 0. The Morgan fingerprint density at radius 1 is 1.14 bits per heavy atom. The summed E-state index contributed by atoms with van der Waals surface area (Å²) in [5.41, 5.74) is 3.57. The highest BCUT2D eigenvalue weighted by atomic mass is 35.5. The summed E-state index contributed by atoms with van der Waals surface area (Å²) < 4.78 is 5.63. The Kier molecular flexibility index (Phi) is 7.73. The molecule has 2 aromatic rings. The second-order valence-electron chi connectivity index (χ2n) is 6.29. The van der Waals surface area contributed by atoms with Gasteiger partial charge in [0.25, 0.3) is 0 Å². The Hall–Kier alpha value is -3.39. The summed E-state index contributed by atoms with van der Waals surface area (Å²) >= 11 is 6.19. The van der Waals surface area contributed by atoms with Crippen molar-refractivity contribution in [3.8, 4) is 5.75 Å². The number of benzene rings is 2. The first-order chi connectivity index (χ1) is 13.8. The van der Waals surface area contributed by atoms with Crippen LogP contribution in [0.2, 0.25) is 5.02 Å². The number of carboxylic acids is 1. The van der Waals surface area contributed by atoms with E-state index in [0.29, 0.717) is 16.3 Å². The van der Waals surface area contributed by atoms with Crippen LogP contribution < -0.4 is 20.6 Å². The molecule has 29 heavy (non-hydrogen) atoms. The van der Waals surface area contributed by atoms with Gasteiger partial charge in [-0.1, -0.05) is 35.9 Å². The molecule has 8 nitrogen and oxygen atoms in total. The highest BCUT2D eigenvalue weighted by molar-refractivity contribution is 6.35. The molecule has 0 fully saturated rings. The first-order valence-corrected chi connectivity index (χ1v) is 9.00. The fourth-order valence-electron chi connectivity index (χ4n) is 2.16. The fourth-order valence-corrected chi connectivity index (χ4v) is 2.40. The van der Waals surface area contributed by atoms with E-state index in [1.54, 1.807) is 44.2 Å². The van der Waals surface area contributed by atoms with Gasteiger partial charge in [0.1, 0.15) is 12.4 Å². The number of aromatic carboxylic acids is 1. The molecule has 0 aliphatic rings. The number of carbonyl (C=O) groups excluding carboxylic acids is 3. The summed E-state index contributed by atoms with van der Waals surface area (Å²) in [6.45, 7) is 3.67. The van der Waals surface area contributed by atoms with E-state index in [1.807, 2.05) is 0 Å². The smallest absolute Gasteiger partial charge is 0.329 e. The van der Waals surface area contributed by atoms with Gasteiger partial charge in [0, 0.05) is 6.04 Å². The van der Waals surface area contributed by atoms with Crippen LogP contribution in [0, 0.1) is 0 Å². The van der Waals surface area contributed by atoms with Crippen LogP contribution in [-0.4, -0.2) is 30.0 Å². The molecule has 0 heterocycles. The van der Waals surface area contributed by atoms with E-state index in [0.717, 1.165) is 5.56 Å². The van der Waals surface area contributed by atoms with E-state index in [2.05, 4.69) is 15.8 Å². The van der Waals surface area contributed by atoms with Crippen molar-refractivity contribution in [3.05, 3.63) is 64.2 Å². The van der Waals surface area contributed by atoms with Crippen molar-refractivity contribution in [1.29, 1.82) is 0 Å². The third-order valence-electron chi connectivity index (χ3n) is 3.55. The molecule has 0 aliphatic carbocycles. The van der Waals surface area contributed by atoms with Crippen LogP contribution in [0.3, 0.4) is 0 Å². The van der Waals surface area contributed by atoms with Crippen molar-refractivity contribution in [3.63, 3.8) is 0 Å². The van der Waals surface area contributed by atoms with Gasteiger partial charge in [0.15, 0.2) is 0 Å². The Bertz CT molecular complexity index is 926. The second kappa shape index (κ2) is 10.2. The normalized spacial score (nSPS) is 10.8. The van der Waals surface area contributed by atoms with E-state index < -0.39 is 17.8 Å². The van der Waals surface area contributed by atoms with Crippen molar-refractivity contribution in [2.24, 2.45) is 5.10 Å². The zero-order valence-electron chi connectivity index (χ0n) is 15.8. The lowest BCUT2D eigenvalue weighted by Crippen LogP contribution is -2.41. The van der Waals surface area contributed by atoms with Gasteiger partial charge in [-0.2, -0.15) is 5.10 Å². The van der Waals surface area contributed by atoms with Crippen molar-refractivity contribution in [2.45, 2.75) is 26.5 Å². The molecule has 0 bridgehead atoms. The van der Waals surface area contributed by atoms with Gasteiger partial charge in [-0.25, -0.2) is 5.43 Å². The first-order valence-electron chi connectivity index (χ1n) is 8.63. The molecule has 0 spiro atoms. The predicted molar refractivity (Wildman–Crippen MR) is 106 cm³/mol. The van der Waals surface area contributed by atoms with Gasteiger partial charge in [-0.3, -0.25) is 9.59 Å². The Morgan fingerprint density at radius 2 is 1.83 bits per heavy atom. The van der Waals surface area contributed by atoms with E-state index >= 15 is 0 Å². The molecular formula is C20H19ClN3O5-. The molecule has 0 saturated carbocycles. The van der Waals surface area contributed by atoms with Crippen LogP contribution in [0.5, 0.6) is 5.75 Å². The topological polar surface area (TPSA) is 120 Å². The summed E-state index contributed by atoms with van der Waals surface area (Å²) in [5.74, 6) is -2.46. The third-order valence-corrected chi connectivity index (χ3v) is 3.84. The van der Waals surface area contributed by atoms with E-state index in [4.69, 9.17) is 16.3 Å². The van der Waals surface area contributed by atoms with Gasteiger partial charge in [-0.05, 0) is 48.7 Å². The van der Waals surface area contributed by atoms with Crippen molar-refractivity contribution in [1.82, 2.24) is 10.7 Å². The number of carboxylic acid groups (broad SMARTS) is 1. The van der Waals surface area contributed by atoms with Crippen LogP contribution in [0.25, 0.3) is 0 Å². The molecule has 2 amide bonds. The number of rotatable bonds is 7. The number of halogens is 1. The SMILES string of the molecule is CC(C)NC(=O)C(=O)N/N=C\c1ccc(OCc2ccc(C(=O)[O-])cc2)c(Cl)c1. The molecule has 0 unspecified atom stereocenters. The van der Waals surface area contributed by atoms with Crippen LogP contribution in [0.4, 0.5) is 0 Å². The zero-order chi connectivity index (χ0) is 21.4. The van der Waals surface area contributed by atoms with Crippen molar-refractivity contribution in [2.75, 3.05) is 0 Å². The van der Waals surface area contributed by atoms with E-state index in [1.165, 1.54) is 18.3 Å². The molecule has 0 saturated heterocycles. The standard InChI is InChI=1S/C20H20ClN3O5/c1-12(2)23-18(25)19(26)24-22-10-14-5-8-17(16(21)9-14)29-11-13-3-6-15(7-4-13)20(27)28/h3-10,12H,11H2,1-2H3,(H,23,25)(H,24,26)(H,27,28)/p-1/b22-10-. The van der Waals surface area contributed by atoms with Gasteiger partial charge < -0.3 is 20.0 Å². The number of nitrogens with one attached hydrogen (secondary N) is 2. The molecule has 0 atom stereocenters. The van der Waals surface area contributed by atoms with E-state index in [-0.39, 0.29) is 18.2 Å². The Balaban J connectivity index is 1.91. The van der Waals surface area contributed by atoms with Gasteiger partial charge in [-0.15, -0.1) is 0 Å². The molecule has 0 aliphatic heterocycles. The lowest BCUT2D eigenvalue weighted by molar-refractivity contribution is -0.255. The summed E-state index contributed by atoms with van der Waals surface area (Å²) in [4.78, 5) is 33.8. The maximum absolute atomic E-state index is 11.5. The number of hydrogen-bond donors (Lipinski definition) is 2. The minimum absolute atomic E-state index is 0.0872. The number of ether oxygens (including phenoxy) is 1. The lowest BCUT2D eigenvalue weighted by atomic mass is 10.1. The fraction of sp³-hybridized carbons (Fsp3) is 0.200. The molecule has 0 aromatic heterocycles.